The summed E-state index contributed by atoms with van der Waals surface area (Å²) >= 11 is 0. The Morgan fingerprint density at radius 1 is 1.77 bits per heavy atom. The molecular formula is C9H13NO3. The highest BCUT2D eigenvalue weighted by atomic mass is 16.5. The summed E-state index contributed by atoms with van der Waals surface area (Å²) in [5, 5.41) is 8.91. The number of nitrogens with zero attached hydrogens (tertiary/aromatic N) is 1. The van der Waals surface area contributed by atoms with Gasteiger partial charge in [-0.1, -0.05) is 0 Å². The van der Waals surface area contributed by atoms with Gasteiger partial charge in [-0.2, -0.15) is 5.26 Å². The number of carbonyl (C=O) groups excluding carboxylic acids is 1. The normalized spacial score (nSPS) is 27.7. The van der Waals surface area contributed by atoms with E-state index in [0.717, 1.165) is 6.42 Å². The predicted octanol–water partition coefficient (Wildman–Crippen LogP) is 0.870. The molecule has 1 heterocycles. The fourth-order valence-electron chi connectivity index (χ4n) is 1.36. The Hall–Kier alpha value is -1.08. The summed E-state index contributed by atoms with van der Waals surface area (Å²) in [5.41, 5.74) is -1.05. The quantitative estimate of drug-likeness (QED) is 0.596. The molecule has 1 unspecified atom stereocenters. The van der Waals surface area contributed by atoms with Crippen molar-refractivity contribution in [2.75, 3.05) is 19.8 Å². The minimum absolute atomic E-state index is 0.169. The first kappa shape index (κ1) is 10.0. The number of rotatable bonds is 2. The van der Waals surface area contributed by atoms with Crippen LogP contribution in [0.2, 0.25) is 0 Å². The zero-order valence-electron chi connectivity index (χ0n) is 7.71. The smallest absolute Gasteiger partial charge is 0.328 e. The molecule has 0 radical (unpaired) electrons. The van der Waals surface area contributed by atoms with E-state index in [4.69, 9.17) is 14.7 Å². The molecule has 1 fully saturated rings. The molecule has 4 heteroatoms. The fraction of sp³-hybridized carbons (Fsp3) is 0.778. The first-order valence-corrected chi connectivity index (χ1v) is 4.41. The molecule has 0 N–H and O–H groups in total. The molecule has 1 aliphatic heterocycles. The van der Waals surface area contributed by atoms with Crippen LogP contribution in [0.5, 0.6) is 0 Å². The van der Waals surface area contributed by atoms with Crippen molar-refractivity contribution >= 4 is 5.97 Å². The number of hydrogen-bond acceptors (Lipinski definition) is 4. The Balaban J connectivity index is 2.68. The van der Waals surface area contributed by atoms with Crippen LogP contribution in [0, 0.1) is 16.7 Å². The largest absolute Gasteiger partial charge is 0.465 e. The van der Waals surface area contributed by atoms with Gasteiger partial charge in [0.15, 0.2) is 5.41 Å². The molecule has 0 aliphatic carbocycles. The highest BCUT2D eigenvalue weighted by Gasteiger charge is 2.42. The van der Waals surface area contributed by atoms with Crippen LogP contribution >= 0.6 is 0 Å². The summed E-state index contributed by atoms with van der Waals surface area (Å²) in [4.78, 5) is 11.4. The maximum Gasteiger partial charge on any atom is 0.328 e. The van der Waals surface area contributed by atoms with E-state index in [0.29, 0.717) is 19.6 Å². The minimum atomic E-state index is -1.05. The van der Waals surface area contributed by atoms with Gasteiger partial charge in [-0.15, -0.1) is 0 Å². The van der Waals surface area contributed by atoms with Crippen LogP contribution < -0.4 is 0 Å². The Morgan fingerprint density at radius 2 is 2.54 bits per heavy atom. The van der Waals surface area contributed by atoms with Crippen molar-refractivity contribution in [1.82, 2.24) is 0 Å². The van der Waals surface area contributed by atoms with Crippen LogP contribution in [-0.2, 0) is 14.3 Å². The molecule has 0 amide bonds. The molecule has 0 aromatic heterocycles. The van der Waals surface area contributed by atoms with Gasteiger partial charge < -0.3 is 9.47 Å². The van der Waals surface area contributed by atoms with Gasteiger partial charge >= 0.3 is 5.97 Å². The second-order valence-corrected chi connectivity index (χ2v) is 3.07. The second-order valence-electron chi connectivity index (χ2n) is 3.07. The molecule has 0 spiro atoms. The maximum atomic E-state index is 11.4. The van der Waals surface area contributed by atoms with E-state index < -0.39 is 11.4 Å². The van der Waals surface area contributed by atoms with Crippen LogP contribution in [0.1, 0.15) is 19.8 Å². The molecule has 0 aromatic rings. The van der Waals surface area contributed by atoms with E-state index in [1.54, 1.807) is 6.92 Å². The van der Waals surface area contributed by atoms with Crippen LogP contribution in [-0.4, -0.2) is 25.8 Å². The van der Waals surface area contributed by atoms with E-state index in [-0.39, 0.29) is 6.61 Å². The minimum Gasteiger partial charge on any atom is -0.465 e. The van der Waals surface area contributed by atoms with Crippen molar-refractivity contribution in [1.29, 1.82) is 5.26 Å². The van der Waals surface area contributed by atoms with E-state index >= 15 is 0 Å². The molecule has 0 aromatic carbocycles. The zero-order valence-corrected chi connectivity index (χ0v) is 7.71. The van der Waals surface area contributed by atoms with Crippen LogP contribution in [0.15, 0.2) is 0 Å². The predicted molar refractivity (Wildman–Crippen MR) is 44.7 cm³/mol. The Bertz CT molecular complexity index is 226. The van der Waals surface area contributed by atoms with Crippen molar-refractivity contribution in [3.8, 4) is 6.07 Å². The summed E-state index contributed by atoms with van der Waals surface area (Å²) in [6.07, 6.45) is 1.29. The number of carbonyl (C=O) groups is 1. The monoisotopic (exact) mass is 183 g/mol. The molecule has 1 rings (SSSR count). The molecule has 0 bridgehead atoms. The number of ether oxygens (including phenoxy) is 2. The highest BCUT2D eigenvalue weighted by Crippen LogP contribution is 2.29. The van der Waals surface area contributed by atoms with Gasteiger partial charge in [-0.3, -0.25) is 4.79 Å². The highest BCUT2D eigenvalue weighted by molar-refractivity contribution is 5.80. The van der Waals surface area contributed by atoms with Gasteiger partial charge in [0.25, 0.3) is 0 Å². The summed E-state index contributed by atoms with van der Waals surface area (Å²) in [6, 6.07) is 2.00. The van der Waals surface area contributed by atoms with E-state index in [1.165, 1.54) is 0 Å². The lowest BCUT2D eigenvalue weighted by Crippen LogP contribution is -2.39. The second kappa shape index (κ2) is 4.24. The van der Waals surface area contributed by atoms with Crippen LogP contribution in [0.4, 0.5) is 0 Å². The Labute approximate surface area is 77.4 Å². The van der Waals surface area contributed by atoms with E-state index in [2.05, 4.69) is 0 Å². The van der Waals surface area contributed by atoms with E-state index in [9.17, 15) is 4.79 Å². The summed E-state index contributed by atoms with van der Waals surface area (Å²) in [6.45, 7) is 2.83. The standard InChI is InChI=1S/C9H13NO3/c1-2-13-8(11)9(6-10)4-3-5-12-7-9/h2-5,7H2,1H3. The number of esters is 1. The lowest BCUT2D eigenvalue weighted by molar-refractivity contribution is -0.158. The van der Waals surface area contributed by atoms with Crippen LogP contribution in [0.3, 0.4) is 0 Å². The van der Waals surface area contributed by atoms with Crippen molar-refractivity contribution in [2.24, 2.45) is 5.41 Å². The fourth-order valence-corrected chi connectivity index (χ4v) is 1.36. The first-order chi connectivity index (χ1) is 6.25. The molecule has 1 aliphatic rings. The molecule has 4 nitrogen and oxygen atoms in total. The van der Waals surface area contributed by atoms with Gasteiger partial charge in [-0.25, -0.2) is 0 Å². The summed E-state index contributed by atoms with van der Waals surface area (Å²) in [5.74, 6) is -0.447. The average molecular weight is 183 g/mol. The van der Waals surface area contributed by atoms with Gasteiger partial charge in [0.05, 0.1) is 19.3 Å². The molecule has 1 atom stereocenters. The number of nitriles is 1. The third-order valence-electron chi connectivity index (χ3n) is 2.12. The first-order valence-electron chi connectivity index (χ1n) is 4.41. The number of hydrogen-bond donors (Lipinski definition) is 0. The maximum absolute atomic E-state index is 11.4. The van der Waals surface area contributed by atoms with Gasteiger partial charge in [-0.05, 0) is 19.8 Å². The van der Waals surface area contributed by atoms with Crippen molar-refractivity contribution < 1.29 is 14.3 Å². The lowest BCUT2D eigenvalue weighted by Gasteiger charge is -2.27. The van der Waals surface area contributed by atoms with Gasteiger partial charge in [0, 0.05) is 6.61 Å². The average Bonchev–Trinajstić information content (AvgIpc) is 2.19. The molecule has 1 saturated heterocycles. The molecule has 72 valence electrons. The third kappa shape index (κ3) is 1.99. The van der Waals surface area contributed by atoms with Gasteiger partial charge in [0.1, 0.15) is 0 Å². The molecule has 0 saturated carbocycles. The molecular weight excluding hydrogens is 170 g/mol. The van der Waals surface area contributed by atoms with E-state index in [1.807, 2.05) is 6.07 Å². The summed E-state index contributed by atoms with van der Waals surface area (Å²) in [7, 11) is 0. The van der Waals surface area contributed by atoms with Crippen LogP contribution in [0.25, 0.3) is 0 Å². The molecule has 13 heavy (non-hydrogen) atoms. The zero-order chi connectivity index (χ0) is 9.73. The van der Waals surface area contributed by atoms with Crippen molar-refractivity contribution in [3.05, 3.63) is 0 Å². The SMILES string of the molecule is CCOC(=O)C1(C#N)CCCOC1. The van der Waals surface area contributed by atoms with Crippen molar-refractivity contribution in [3.63, 3.8) is 0 Å². The Morgan fingerprint density at radius 3 is 3.00 bits per heavy atom. The third-order valence-corrected chi connectivity index (χ3v) is 2.12. The van der Waals surface area contributed by atoms with Crippen molar-refractivity contribution in [2.45, 2.75) is 19.8 Å². The van der Waals surface area contributed by atoms with Gasteiger partial charge in [0.2, 0.25) is 0 Å². The summed E-state index contributed by atoms with van der Waals surface area (Å²) < 4.78 is 9.95. The topological polar surface area (TPSA) is 59.3 Å². The lowest BCUT2D eigenvalue weighted by atomic mass is 9.84. The Kier molecular flexibility index (Phi) is 3.26.